The first-order chi connectivity index (χ1) is 10.3. The zero-order chi connectivity index (χ0) is 14.7. The van der Waals surface area contributed by atoms with E-state index in [0.29, 0.717) is 19.1 Å². The number of benzene rings is 1. The Morgan fingerprint density at radius 2 is 1.81 bits per heavy atom. The third-order valence-electron chi connectivity index (χ3n) is 4.63. The van der Waals surface area contributed by atoms with Gasteiger partial charge >= 0.3 is 0 Å². The molecule has 114 valence electrons. The summed E-state index contributed by atoms with van der Waals surface area (Å²) in [4.78, 5) is 14.7. The fourth-order valence-electron chi connectivity index (χ4n) is 3.47. The summed E-state index contributed by atoms with van der Waals surface area (Å²) in [6.45, 7) is 2.83. The smallest absolute Gasteiger partial charge is 0.226 e. The monoisotopic (exact) mass is 288 g/mol. The van der Waals surface area contributed by atoms with Crippen LogP contribution in [0, 0.1) is 5.92 Å². The predicted molar refractivity (Wildman–Crippen MR) is 81.9 cm³/mol. The molecule has 2 N–H and O–H groups in total. The summed E-state index contributed by atoms with van der Waals surface area (Å²) < 4.78 is 5.67. The number of ether oxygens (including phenoxy) is 1. The van der Waals surface area contributed by atoms with E-state index < -0.39 is 0 Å². The number of hydrogen-bond acceptors (Lipinski definition) is 3. The summed E-state index contributed by atoms with van der Waals surface area (Å²) in [6, 6.07) is 8.42. The van der Waals surface area contributed by atoms with Crippen molar-refractivity contribution in [3.05, 3.63) is 35.4 Å². The Morgan fingerprint density at radius 1 is 1.19 bits per heavy atom. The number of fused-ring (bicyclic) bond motifs is 1. The molecule has 4 heteroatoms. The number of piperidine rings is 1. The molecule has 1 heterocycles. The van der Waals surface area contributed by atoms with E-state index in [2.05, 4.69) is 24.3 Å². The van der Waals surface area contributed by atoms with Crippen molar-refractivity contribution in [1.29, 1.82) is 0 Å². The molecule has 21 heavy (non-hydrogen) atoms. The minimum absolute atomic E-state index is 0.143. The van der Waals surface area contributed by atoms with E-state index in [1.807, 2.05) is 4.90 Å². The van der Waals surface area contributed by atoms with Gasteiger partial charge in [0, 0.05) is 25.6 Å². The second-order valence-electron chi connectivity index (χ2n) is 6.06. The maximum atomic E-state index is 12.7. The normalized spacial score (nSPS) is 19.8. The minimum atomic E-state index is 0.143. The molecule has 1 amide bonds. The molecule has 1 aromatic rings. The van der Waals surface area contributed by atoms with Gasteiger partial charge in [-0.25, -0.2) is 0 Å². The summed E-state index contributed by atoms with van der Waals surface area (Å²) in [5, 5.41) is 0. The van der Waals surface area contributed by atoms with Crippen LogP contribution in [0.2, 0.25) is 0 Å². The van der Waals surface area contributed by atoms with Crippen LogP contribution in [-0.2, 0) is 22.4 Å². The third kappa shape index (κ3) is 3.27. The lowest BCUT2D eigenvalue weighted by Gasteiger charge is -2.33. The van der Waals surface area contributed by atoms with Gasteiger partial charge in [0.1, 0.15) is 0 Å². The Hall–Kier alpha value is -1.39. The Kier molecular flexibility index (Phi) is 4.56. The summed E-state index contributed by atoms with van der Waals surface area (Å²) in [6.07, 6.45) is 3.95. The number of amides is 1. The number of likely N-dealkylation sites (tertiary alicyclic amines) is 1. The molecule has 1 aromatic carbocycles. The average Bonchev–Trinajstić information content (AvgIpc) is 2.96. The van der Waals surface area contributed by atoms with Gasteiger partial charge in [0.15, 0.2) is 0 Å². The lowest BCUT2D eigenvalue weighted by atomic mass is 10.0. The number of carbonyl (C=O) groups is 1. The number of carbonyl (C=O) groups excluding carboxylic acids is 1. The highest BCUT2D eigenvalue weighted by Crippen LogP contribution is 2.28. The topological polar surface area (TPSA) is 55.6 Å². The van der Waals surface area contributed by atoms with Gasteiger partial charge in [-0.3, -0.25) is 4.79 Å². The predicted octanol–water partition coefficient (Wildman–Crippen LogP) is 1.37. The van der Waals surface area contributed by atoms with Gasteiger partial charge in [-0.2, -0.15) is 0 Å². The summed E-state index contributed by atoms with van der Waals surface area (Å²) in [7, 11) is 0. The van der Waals surface area contributed by atoms with E-state index >= 15 is 0 Å². The molecule has 0 unspecified atom stereocenters. The average molecular weight is 288 g/mol. The zero-order valence-electron chi connectivity index (χ0n) is 12.5. The van der Waals surface area contributed by atoms with Crippen LogP contribution in [0.1, 0.15) is 24.0 Å². The first-order valence-electron chi connectivity index (χ1n) is 7.95. The summed E-state index contributed by atoms with van der Waals surface area (Å²) in [5.41, 5.74) is 8.15. The number of nitrogens with two attached hydrogens (primary N) is 1. The van der Waals surface area contributed by atoms with Crippen molar-refractivity contribution in [1.82, 2.24) is 4.90 Å². The standard InChI is InChI=1S/C17H24N2O2/c18-7-10-21-16-5-8-19(9-6-16)17(20)15-11-13-3-1-2-4-14(13)12-15/h1-4,15-16H,5-12,18H2. The maximum Gasteiger partial charge on any atom is 0.226 e. The van der Waals surface area contributed by atoms with Crippen LogP contribution in [-0.4, -0.2) is 43.2 Å². The molecule has 0 atom stereocenters. The molecule has 0 bridgehead atoms. The van der Waals surface area contributed by atoms with Gasteiger partial charge in [0.2, 0.25) is 5.91 Å². The zero-order valence-corrected chi connectivity index (χ0v) is 12.5. The molecule has 0 spiro atoms. The third-order valence-corrected chi connectivity index (χ3v) is 4.63. The summed E-state index contributed by atoms with van der Waals surface area (Å²) >= 11 is 0. The number of rotatable bonds is 4. The van der Waals surface area contributed by atoms with Crippen LogP contribution in [0.25, 0.3) is 0 Å². The van der Waals surface area contributed by atoms with E-state index in [1.54, 1.807) is 0 Å². The van der Waals surface area contributed by atoms with Crippen molar-refractivity contribution in [3.8, 4) is 0 Å². The van der Waals surface area contributed by atoms with E-state index in [1.165, 1.54) is 11.1 Å². The Bertz CT molecular complexity index is 470. The second kappa shape index (κ2) is 6.58. The lowest BCUT2D eigenvalue weighted by molar-refractivity contribution is -0.137. The van der Waals surface area contributed by atoms with Crippen LogP contribution in [0.3, 0.4) is 0 Å². The number of nitrogens with zero attached hydrogens (tertiary/aromatic N) is 1. The quantitative estimate of drug-likeness (QED) is 0.910. The van der Waals surface area contributed by atoms with Gasteiger partial charge < -0.3 is 15.4 Å². The lowest BCUT2D eigenvalue weighted by Crippen LogP contribution is -2.44. The van der Waals surface area contributed by atoms with Gasteiger partial charge in [0.25, 0.3) is 0 Å². The SMILES string of the molecule is NCCOC1CCN(C(=O)C2Cc3ccccc3C2)CC1. The van der Waals surface area contributed by atoms with E-state index in [4.69, 9.17) is 10.5 Å². The highest BCUT2D eigenvalue weighted by Gasteiger charge is 2.32. The second-order valence-corrected chi connectivity index (χ2v) is 6.06. The molecule has 1 aliphatic heterocycles. The molecule has 2 aliphatic rings. The van der Waals surface area contributed by atoms with E-state index in [-0.39, 0.29) is 12.0 Å². The first kappa shape index (κ1) is 14.5. The van der Waals surface area contributed by atoms with Crippen molar-refractivity contribution in [2.24, 2.45) is 11.7 Å². The van der Waals surface area contributed by atoms with Crippen LogP contribution >= 0.6 is 0 Å². The van der Waals surface area contributed by atoms with Crippen molar-refractivity contribution >= 4 is 5.91 Å². The molecule has 1 fully saturated rings. The van der Waals surface area contributed by atoms with Gasteiger partial charge in [-0.05, 0) is 36.8 Å². The summed E-state index contributed by atoms with van der Waals surface area (Å²) in [5.74, 6) is 0.465. The molecular formula is C17H24N2O2. The number of hydrogen-bond donors (Lipinski definition) is 1. The largest absolute Gasteiger partial charge is 0.377 e. The van der Waals surface area contributed by atoms with E-state index in [9.17, 15) is 4.79 Å². The Morgan fingerprint density at radius 3 is 2.38 bits per heavy atom. The maximum absolute atomic E-state index is 12.7. The van der Waals surface area contributed by atoms with Crippen molar-refractivity contribution in [2.75, 3.05) is 26.2 Å². The fourth-order valence-corrected chi connectivity index (χ4v) is 3.47. The van der Waals surface area contributed by atoms with Crippen molar-refractivity contribution in [3.63, 3.8) is 0 Å². The molecule has 1 saturated heterocycles. The fraction of sp³-hybridized carbons (Fsp3) is 0.588. The Balaban J connectivity index is 1.52. The van der Waals surface area contributed by atoms with Gasteiger partial charge in [-0.1, -0.05) is 24.3 Å². The molecule has 0 saturated carbocycles. The molecule has 0 aromatic heterocycles. The van der Waals surface area contributed by atoms with Crippen LogP contribution in [0.5, 0.6) is 0 Å². The van der Waals surface area contributed by atoms with Crippen LogP contribution < -0.4 is 5.73 Å². The van der Waals surface area contributed by atoms with Crippen LogP contribution in [0.15, 0.2) is 24.3 Å². The minimum Gasteiger partial charge on any atom is -0.377 e. The van der Waals surface area contributed by atoms with Gasteiger partial charge in [0.05, 0.1) is 12.7 Å². The molecule has 4 nitrogen and oxygen atoms in total. The Labute approximate surface area is 126 Å². The molecule has 3 rings (SSSR count). The van der Waals surface area contributed by atoms with Gasteiger partial charge in [-0.15, -0.1) is 0 Å². The molecule has 0 radical (unpaired) electrons. The molecule has 1 aliphatic carbocycles. The van der Waals surface area contributed by atoms with Crippen LogP contribution in [0.4, 0.5) is 0 Å². The highest BCUT2D eigenvalue weighted by molar-refractivity contribution is 5.80. The highest BCUT2D eigenvalue weighted by atomic mass is 16.5. The van der Waals surface area contributed by atoms with Crippen molar-refractivity contribution in [2.45, 2.75) is 31.8 Å². The molecular weight excluding hydrogens is 264 g/mol. The first-order valence-corrected chi connectivity index (χ1v) is 7.95. The van der Waals surface area contributed by atoms with Crippen molar-refractivity contribution < 1.29 is 9.53 Å². The van der Waals surface area contributed by atoms with E-state index in [0.717, 1.165) is 38.8 Å².